The number of ether oxygens (including phenoxy) is 1. The van der Waals surface area contributed by atoms with Gasteiger partial charge in [-0.25, -0.2) is 18.7 Å². The lowest BCUT2D eigenvalue weighted by Crippen LogP contribution is -2.19. The van der Waals surface area contributed by atoms with E-state index in [0.29, 0.717) is 35.4 Å². The highest BCUT2D eigenvalue weighted by Gasteiger charge is 2.23. The number of nitrogens with one attached hydrogen (secondary N) is 1. The number of aliphatic hydroxyl groups excluding tert-OH is 1. The van der Waals surface area contributed by atoms with Crippen molar-refractivity contribution < 1.29 is 23.4 Å². The van der Waals surface area contributed by atoms with Crippen molar-refractivity contribution in [1.82, 2.24) is 25.1 Å². The number of nitrogens with two attached hydrogens (primary N) is 1. The second kappa shape index (κ2) is 12.2. The third-order valence-electron chi connectivity index (χ3n) is 5.44. The Morgan fingerprint density at radius 3 is 2.81 bits per heavy atom. The molecule has 0 radical (unpaired) electrons. The molecule has 4 rings (SSSR count). The fourth-order valence-electron chi connectivity index (χ4n) is 3.76. The predicted octanol–water partition coefficient (Wildman–Crippen LogP) is 2.80. The van der Waals surface area contributed by atoms with Gasteiger partial charge in [0.2, 0.25) is 5.91 Å². The van der Waals surface area contributed by atoms with Crippen LogP contribution in [-0.4, -0.2) is 57.1 Å². The van der Waals surface area contributed by atoms with E-state index in [1.165, 1.54) is 40.4 Å². The van der Waals surface area contributed by atoms with Crippen LogP contribution in [0.25, 0.3) is 10.9 Å². The number of nitrogens with zero attached hydrogens (tertiary/aromatic N) is 5. The Hall–Kier alpha value is -4.16. The van der Waals surface area contributed by atoms with Gasteiger partial charge in [-0.05, 0) is 50.2 Å². The molecule has 37 heavy (non-hydrogen) atoms. The fraction of sp³-hybridized carbons (Fsp3) is 0.280. The fourth-order valence-corrected chi connectivity index (χ4v) is 3.76. The van der Waals surface area contributed by atoms with Crippen molar-refractivity contribution in [3.63, 3.8) is 0 Å². The molecule has 4 N–H and O–H groups in total. The van der Waals surface area contributed by atoms with Gasteiger partial charge in [0.25, 0.3) is 0 Å². The Bertz CT molecular complexity index is 1370. The number of hydrogen-bond donors (Lipinski definition) is 3. The molecule has 0 unspecified atom stereocenters. The summed E-state index contributed by atoms with van der Waals surface area (Å²) in [6.45, 7) is 1.97. The van der Waals surface area contributed by atoms with Crippen molar-refractivity contribution in [2.75, 3.05) is 31.2 Å². The van der Waals surface area contributed by atoms with Crippen LogP contribution in [0, 0.1) is 11.6 Å². The minimum absolute atomic E-state index is 0.0901. The van der Waals surface area contributed by atoms with Crippen LogP contribution < -0.4 is 20.7 Å². The zero-order chi connectivity index (χ0) is 26.2. The first-order valence-electron chi connectivity index (χ1n) is 11.7. The number of anilines is 3. The Morgan fingerprint density at radius 2 is 2.00 bits per heavy atom. The van der Waals surface area contributed by atoms with Crippen LogP contribution in [0.5, 0.6) is 5.75 Å². The standard InChI is InChI=1S/C25H27F2N7O3/c26-20-4-1-5-22(24(20)27)34(17-13-32-33(14-17)15-23(28)36)25-19-7-6-18(12-21(19)30-16-31-25)37-11-3-9-29-8-2-10-35/h1,4-7,12-14,16,29,35H,2-3,8-11,15H2,(H2,28,36). The number of carbonyl (C=O) groups is 1. The van der Waals surface area contributed by atoms with Crippen molar-refractivity contribution in [1.29, 1.82) is 0 Å². The molecule has 0 bridgehead atoms. The molecule has 0 saturated carbocycles. The normalized spacial score (nSPS) is 11.1. The number of fused-ring (bicyclic) bond motifs is 1. The molecule has 0 aliphatic rings. The van der Waals surface area contributed by atoms with Crippen LogP contribution >= 0.6 is 0 Å². The number of halogens is 2. The molecular formula is C25H27F2N7O3. The van der Waals surface area contributed by atoms with E-state index in [2.05, 4.69) is 20.4 Å². The van der Waals surface area contributed by atoms with E-state index >= 15 is 0 Å². The monoisotopic (exact) mass is 511 g/mol. The lowest BCUT2D eigenvalue weighted by Gasteiger charge is -2.24. The Balaban J connectivity index is 1.64. The van der Waals surface area contributed by atoms with E-state index in [9.17, 15) is 13.6 Å². The maximum atomic E-state index is 15.0. The van der Waals surface area contributed by atoms with E-state index in [0.717, 1.165) is 25.6 Å². The molecule has 2 aromatic carbocycles. The van der Waals surface area contributed by atoms with Crippen molar-refractivity contribution in [3.8, 4) is 5.75 Å². The minimum Gasteiger partial charge on any atom is -0.493 e. The highest BCUT2D eigenvalue weighted by Crippen LogP contribution is 2.38. The molecule has 194 valence electrons. The number of aliphatic hydroxyl groups is 1. The second-order valence-corrected chi connectivity index (χ2v) is 8.18. The van der Waals surface area contributed by atoms with Crippen LogP contribution in [0.4, 0.5) is 26.0 Å². The van der Waals surface area contributed by atoms with Gasteiger partial charge in [0, 0.05) is 24.3 Å². The lowest BCUT2D eigenvalue weighted by atomic mass is 10.2. The maximum absolute atomic E-state index is 15.0. The Labute approximate surface area is 211 Å². The van der Waals surface area contributed by atoms with Crippen molar-refractivity contribution in [3.05, 3.63) is 66.8 Å². The number of aromatic nitrogens is 4. The molecule has 4 aromatic rings. The summed E-state index contributed by atoms with van der Waals surface area (Å²) in [7, 11) is 0. The molecule has 12 heteroatoms. The van der Waals surface area contributed by atoms with Gasteiger partial charge in [0.05, 0.1) is 29.7 Å². The van der Waals surface area contributed by atoms with E-state index in [-0.39, 0.29) is 24.7 Å². The third kappa shape index (κ3) is 6.35. The number of rotatable bonds is 13. The summed E-state index contributed by atoms with van der Waals surface area (Å²) in [5, 5.41) is 16.7. The summed E-state index contributed by atoms with van der Waals surface area (Å²) in [6.07, 6.45) is 5.71. The first-order chi connectivity index (χ1) is 18.0. The summed E-state index contributed by atoms with van der Waals surface area (Å²) >= 11 is 0. The van der Waals surface area contributed by atoms with Crippen molar-refractivity contribution >= 4 is 34.0 Å². The van der Waals surface area contributed by atoms with Gasteiger partial charge in [0.15, 0.2) is 11.6 Å². The molecule has 0 aliphatic heterocycles. The van der Waals surface area contributed by atoms with Crippen LogP contribution in [0.15, 0.2) is 55.1 Å². The first kappa shape index (κ1) is 25.9. The number of benzene rings is 2. The van der Waals surface area contributed by atoms with Crippen molar-refractivity contribution in [2.45, 2.75) is 19.4 Å². The predicted molar refractivity (Wildman–Crippen MR) is 134 cm³/mol. The van der Waals surface area contributed by atoms with E-state index in [4.69, 9.17) is 15.6 Å². The van der Waals surface area contributed by atoms with Gasteiger partial charge in [-0.1, -0.05) is 6.07 Å². The van der Waals surface area contributed by atoms with Gasteiger partial charge in [0.1, 0.15) is 24.4 Å². The van der Waals surface area contributed by atoms with Crippen LogP contribution in [0.3, 0.4) is 0 Å². The quantitative estimate of drug-likeness (QED) is 0.234. The molecular weight excluding hydrogens is 484 g/mol. The molecule has 0 spiro atoms. The number of carbonyl (C=O) groups excluding carboxylic acids is 1. The summed E-state index contributed by atoms with van der Waals surface area (Å²) < 4.78 is 36.3. The Kier molecular flexibility index (Phi) is 8.54. The molecule has 0 fully saturated rings. The third-order valence-corrected chi connectivity index (χ3v) is 5.44. The smallest absolute Gasteiger partial charge is 0.239 e. The van der Waals surface area contributed by atoms with Gasteiger partial charge in [-0.3, -0.25) is 14.4 Å². The molecule has 1 amide bonds. The average molecular weight is 512 g/mol. The van der Waals surface area contributed by atoms with Crippen molar-refractivity contribution in [2.24, 2.45) is 5.73 Å². The summed E-state index contributed by atoms with van der Waals surface area (Å²) in [6, 6.07) is 9.09. The SMILES string of the molecule is NC(=O)Cn1cc(N(c2cccc(F)c2F)c2ncnc3cc(OCCCNCCCO)ccc23)cn1. The highest BCUT2D eigenvalue weighted by molar-refractivity contribution is 5.95. The van der Waals surface area contributed by atoms with Crippen LogP contribution in [-0.2, 0) is 11.3 Å². The topological polar surface area (TPSA) is 131 Å². The molecule has 0 saturated heterocycles. The molecule has 0 aliphatic carbocycles. The summed E-state index contributed by atoms with van der Waals surface area (Å²) in [5.74, 6) is -1.80. The van der Waals surface area contributed by atoms with Gasteiger partial charge >= 0.3 is 0 Å². The second-order valence-electron chi connectivity index (χ2n) is 8.18. The summed E-state index contributed by atoms with van der Waals surface area (Å²) in [4.78, 5) is 21.5. The lowest BCUT2D eigenvalue weighted by molar-refractivity contribution is -0.118. The molecule has 2 aromatic heterocycles. The first-order valence-corrected chi connectivity index (χ1v) is 11.7. The molecule has 10 nitrogen and oxygen atoms in total. The van der Waals surface area contributed by atoms with E-state index in [1.54, 1.807) is 18.2 Å². The largest absolute Gasteiger partial charge is 0.493 e. The average Bonchev–Trinajstić information content (AvgIpc) is 3.33. The van der Waals surface area contributed by atoms with Gasteiger partial charge in [-0.15, -0.1) is 0 Å². The molecule has 0 atom stereocenters. The number of amides is 1. The zero-order valence-electron chi connectivity index (χ0n) is 20.0. The van der Waals surface area contributed by atoms with E-state index < -0.39 is 17.5 Å². The van der Waals surface area contributed by atoms with Crippen LogP contribution in [0.2, 0.25) is 0 Å². The molecule has 2 heterocycles. The van der Waals surface area contributed by atoms with E-state index in [1.807, 2.05) is 0 Å². The number of hydrogen-bond acceptors (Lipinski definition) is 8. The minimum atomic E-state index is -1.07. The zero-order valence-corrected chi connectivity index (χ0v) is 20.0. The van der Waals surface area contributed by atoms with Gasteiger partial charge in [-0.2, -0.15) is 5.10 Å². The number of primary amides is 1. The maximum Gasteiger partial charge on any atom is 0.239 e. The summed E-state index contributed by atoms with van der Waals surface area (Å²) in [5.41, 5.74) is 6.06. The van der Waals surface area contributed by atoms with Crippen LogP contribution in [0.1, 0.15) is 12.8 Å². The Morgan fingerprint density at radius 1 is 1.16 bits per heavy atom. The highest BCUT2D eigenvalue weighted by atomic mass is 19.2. The van der Waals surface area contributed by atoms with Gasteiger partial charge < -0.3 is 20.9 Å².